The van der Waals surface area contributed by atoms with Crippen molar-refractivity contribution in [1.82, 2.24) is 19.9 Å². The third-order valence-electron chi connectivity index (χ3n) is 4.75. The molecule has 1 aliphatic rings. The van der Waals surface area contributed by atoms with E-state index in [0.29, 0.717) is 24.2 Å². The smallest absolute Gasteiger partial charge is 0.257 e. The fourth-order valence-corrected chi connectivity index (χ4v) is 3.04. The second-order valence-corrected chi connectivity index (χ2v) is 6.80. The Morgan fingerprint density at radius 2 is 2.11 bits per heavy atom. The SMILES string of the molecule is Cn1c(CCNC(=O)C2CC2)nc2cc(NC(=O)c3cccnc3)ccc21. The third-order valence-corrected chi connectivity index (χ3v) is 4.75. The zero-order chi connectivity index (χ0) is 18.8. The van der Waals surface area contributed by atoms with Crippen molar-refractivity contribution in [2.24, 2.45) is 13.0 Å². The van der Waals surface area contributed by atoms with Crippen molar-refractivity contribution in [2.45, 2.75) is 19.3 Å². The van der Waals surface area contributed by atoms with Crippen molar-refractivity contribution in [1.29, 1.82) is 0 Å². The molecule has 1 aromatic carbocycles. The lowest BCUT2D eigenvalue weighted by molar-refractivity contribution is -0.122. The van der Waals surface area contributed by atoms with Gasteiger partial charge in [0.25, 0.3) is 5.91 Å². The molecule has 2 amide bonds. The summed E-state index contributed by atoms with van der Waals surface area (Å²) < 4.78 is 2.02. The Kier molecular flexibility index (Phi) is 4.58. The number of hydrogen-bond acceptors (Lipinski definition) is 4. The van der Waals surface area contributed by atoms with E-state index in [2.05, 4.69) is 20.6 Å². The fourth-order valence-electron chi connectivity index (χ4n) is 3.04. The monoisotopic (exact) mass is 363 g/mol. The Balaban J connectivity index is 1.45. The molecule has 0 bridgehead atoms. The quantitative estimate of drug-likeness (QED) is 0.703. The molecule has 0 saturated heterocycles. The Labute approximate surface area is 156 Å². The van der Waals surface area contributed by atoms with Gasteiger partial charge >= 0.3 is 0 Å². The van der Waals surface area contributed by atoms with Crippen molar-refractivity contribution >= 4 is 28.5 Å². The maximum Gasteiger partial charge on any atom is 0.257 e. The van der Waals surface area contributed by atoms with E-state index in [1.807, 2.05) is 29.8 Å². The number of amides is 2. The molecule has 7 nitrogen and oxygen atoms in total. The first-order valence-electron chi connectivity index (χ1n) is 9.06. The fraction of sp³-hybridized carbons (Fsp3) is 0.300. The van der Waals surface area contributed by atoms with Gasteiger partial charge in [0.15, 0.2) is 0 Å². The van der Waals surface area contributed by atoms with Crippen LogP contribution >= 0.6 is 0 Å². The summed E-state index contributed by atoms with van der Waals surface area (Å²) in [5.41, 5.74) is 2.98. The normalized spacial score (nSPS) is 13.5. The minimum Gasteiger partial charge on any atom is -0.355 e. The van der Waals surface area contributed by atoms with Crippen LogP contribution in [0.25, 0.3) is 11.0 Å². The van der Waals surface area contributed by atoms with E-state index >= 15 is 0 Å². The Bertz CT molecular complexity index is 992. The van der Waals surface area contributed by atoms with Crippen LogP contribution in [0.5, 0.6) is 0 Å². The van der Waals surface area contributed by atoms with Gasteiger partial charge in [-0.1, -0.05) is 0 Å². The van der Waals surface area contributed by atoms with Gasteiger partial charge in [-0.05, 0) is 43.2 Å². The predicted octanol–water partition coefficient (Wildman–Crippen LogP) is 2.29. The van der Waals surface area contributed by atoms with Gasteiger partial charge in [0, 0.05) is 44.0 Å². The number of pyridine rings is 1. The molecular weight excluding hydrogens is 342 g/mol. The Morgan fingerprint density at radius 3 is 2.85 bits per heavy atom. The molecule has 2 N–H and O–H groups in total. The molecule has 4 rings (SSSR count). The first-order chi connectivity index (χ1) is 13.1. The van der Waals surface area contributed by atoms with E-state index < -0.39 is 0 Å². The lowest BCUT2D eigenvalue weighted by Gasteiger charge is -2.05. The molecule has 0 aliphatic heterocycles. The summed E-state index contributed by atoms with van der Waals surface area (Å²) in [6, 6.07) is 9.10. The average molecular weight is 363 g/mol. The topological polar surface area (TPSA) is 88.9 Å². The number of benzene rings is 1. The second-order valence-electron chi connectivity index (χ2n) is 6.80. The Hall–Kier alpha value is -3.22. The maximum absolute atomic E-state index is 12.3. The van der Waals surface area contributed by atoms with Crippen molar-refractivity contribution in [3.05, 3.63) is 54.1 Å². The van der Waals surface area contributed by atoms with Crippen molar-refractivity contribution in [3.63, 3.8) is 0 Å². The van der Waals surface area contributed by atoms with Crippen LogP contribution in [0.3, 0.4) is 0 Å². The van der Waals surface area contributed by atoms with Crippen molar-refractivity contribution in [2.75, 3.05) is 11.9 Å². The van der Waals surface area contributed by atoms with E-state index in [-0.39, 0.29) is 17.7 Å². The highest BCUT2D eigenvalue weighted by Crippen LogP contribution is 2.28. The first-order valence-corrected chi connectivity index (χ1v) is 9.06. The molecule has 27 heavy (non-hydrogen) atoms. The molecule has 138 valence electrons. The van der Waals surface area contributed by atoms with Crippen LogP contribution in [0.2, 0.25) is 0 Å². The molecule has 0 radical (unpaired) electrons. The summed E-state index contributed by atoms with van der Waals surface area (Å²) in [5, 5.41) is 5.84. The van der Waals surface area contributed by atoms with Gasteiger partial charge in [0.2, 0.25) is 5.91 Å². The molecule has 2 aromatic heterocycles. The molecule has 1 fully saturated rings. The van der Waals surface area contributed by atoms with Crippen LogP contribution in [0.15, 0.2) is 42.7 Å². The number of aryl methyl sites for hydroxylation is 1. The number of fused-ring (bicyclic) bond motifs is 1. The minimum atomic E-state index is -0.207. The van der Waals surface area contributed by atoms with Crippen LogP contribution in [0.1, 0.15) is 29.0 Å². The molecular formula is C20H21N5O2. The highest BCUT2D eigenvalue weighted by Gasteiger charge is 2.29. The molecule has 7 heteroatoms. The number of rotatable bonds is 6. The Morgan fingerprint density at radius 1 is 1.26 bits per heavy atom. The minimum absolute atomic E-state index is 0.147. The van der Waals surface area contributed by atoms with Gasteiger partial charge in [0.1, 0.15) is 5.82 Å². The summed E-state index contributed by atoms with van der Waals surface area (Å²) in [6.45, 7) is 0.580. The number of anilines is 1. The molecule has 1 aliphatic carbocycles. The lowest BCUT2D eigenvalue weighted by atomic mass is 10.2. The zero-order valence-corrected chi connectivity index (χ0v) is 15.1. The van der Waals surface area contributed by atoms with Crippen LogP contribution < -0.4 is 10.6 Å². The van der Waals surface area contributed by atoms with Gasteiger partial charge in [-0.15, -0.1) is 0 Å². The maximum atomic E-state index is 12.3. The number of carbonyl (C=O) groups is 2. The molecule has 2 heterocycles. The van der Waals surface area contributed by atoms with E-state index in [0.717, 1.165) is 29.7 Å². The predicted molar refractivity (Wildman–Crippen MR) is 102 cm³/mol. The van der Waals surface area contributed by atoms with Crippen molar-refractivity contribution in [3.8, 4) is 0 Å². The van der Waals surface area contributed by atoms with Crippen molar-refractivity contribution < 1.29 is 9.59 Å². The van der Waals surface area contributed by atoms with Gasteiger partial charge in [-0.25, -0.2) is 4.98 Å². The first kappa shape index (κ1) is 17.2. The summed E-state index contributed by atoms with van der Waals surface area (Å²) in [7, 11) is 1.96. The summed E-state index contributed by atoms with van der Waals surface area (Å²) in [5.74, 6) is 1.06. The van der Waals surface area contributed by atoms with Crippen LogP contribution in [0.4, 0.5) is 5.69 Å². The number of imidazole rings is 1. The highest BCUT2D eigenvalue weighted by atomic mass is 16.2. The number of nitrogens with one attached hydrogen (secondary N) is 2. The van der Waals surface area contributed by atoms with E-state index in [9.17, 15) is 9.59 Å². The molecule has 1 saturated carbocycles. The second kappa shape index (κ2) is 7.19. The van der Waals surface area contributed by atoms with Crippen LogP contribution in [0, 0.1) is 5.92 Å². The molecule has 3 aromatic rings. The third kappa shape index (κ3) is 3.81. The number of nitrogens with zero attached hydrogens (tertiary/aromatic N) is 3. The number of aromatic nitrogens is 3. The largest absolute Gasteiger partial charge is 0.355 e. The van der Waals surface area contributed by atoms with Gasteiger partial charge < -0.3 is 15.2 Å². The zero-order valence-electron chi connectivity index (χ0n) is 15.1. The summed E-state index contributed by atoms with van der Waals surface area (Å²) >= 11 is 0. The van der Waals surface area contributed by atoms with E-state index in [1.54, 1.807) is 18.3 Å². The summed E-state index contributed by atoms with van der Waals surface area (Å²) in [4.78, 5) is 32.6. The van der Waals surface area contributed by atoms with Crippen LogP contribution in [-0.4, -0.2) is 32.9 Å². The van der Waals surface area contributed by atoms with Gasteiger partial charge in [-0.2, -0.15) is 0 Å². The van der Waals surface area contributed by atoms with Crippen LogP contribution in [-0.2, 0) is 18.3 Å². The molecule has 0 spiro atoms. The van der Waals surface area contributed by atoms with E-state index in [4.69, 9.17) is 0 Å². The molecule has 0 unspecified atom stereocenters. The van der Waals surface area contributed by atoms with Gasteiger partial charge in [0.05, 0.1) is 16.6 Å². The number of hydrogen-bond donors (Lipinski definition) is 2. The molecule has 0 atom stereocenters. The van der Waals surface area contributed by atoms with E-state index in [1.165, 1.54) is 6.20 Å². The van der Waals surface area contributed by atoms with Gasteiger partial charge in [-0.3, -0.25) is 14.6 Å². The standard InChI is InChI=1S/C20H21N5O2/c1-25-17-7-6-15(23-20(27)14-3-2-9-21-12-14)11-16(17)24-18(25)8-10-22-19(26)13-4-5-13/h2-3,6-7,9,11-13H,4-5,8,10H2,1H3,(H,22,26)(H,23,27). The summed E-state index contributed by atoms with van der Waals surface area (Å²) in [6.07, 6.45) is 5.84. The lowest BCUT2D eigenvalue weighted by Crippen LogP contribution is -2.27. The highest BCUT2D eigenvalue weighted by molar-refractivity contribution is 6.04. The average Bonchev–Trinajstić information content (AvgIpc) is 3.48. The number of carbonyl (C=O) groups excluding carboxylic acids is 2.